The summed E-state index contributed by atoms with van der Waals surface area (Å²) in [7, 11) is 0. The Morgan fingerprint density at radius 1 is 0.291 bits per heavy atom. The Labute approximate surface area is 322 Å². The Morgan fingerprint density at radius 3 is 1.45 bits per heavy atom. The zero-order valence-electron chi connectivity index (χ0n) is 31.0. The molecule has 0 fully saturated rings. The van der Waals surface area contributed by atoms with Gasteiger partial charge in [0.15, 0.2) is 0 Å². The number of rotatable bonds is 4. The first-order chi connectivity index (χ1) is 27.0. The van der Waals surface area contributed by atoms with Crippen LogP contribution in [0, 0.1) is 0 Å². The third kappa shape index (κ3) is 4.85. The van der Waals surface area contributed by atoms with Crippen LogP contribution in [0.1, 0.15) is 25.0 Å². The van der Waals surface area contributed by atoms with Crippen molar-refractivity contribution in [1.82, 2.24) is 0 Å². The SMILES string of the molecule is CC1(C)c2cc(-c3cccc(-c4c5ccccc5c(-c5ccc(-c6cccc7ccccc67)cc5)c5ccccc45)c3)ccc2-c2ccc3ccccc3c21. The molecular formula is C55H38. The monoisotopic (exact) mass is 698 g/mol. The normalized spacial score (nSPS) is 13.1. The predicted octanol–water partition coefficient (Wildman–Crippen LogP) is 15.3. The van der Waals surface area contributed by atoms with Crippen molar-refractivity contribution in [2.24, 2.45) is 0 Å². The molecule has 10 aromatic carbocycles. The van der Waals surface area contributed by atoms with E-state index in [2.05, 4.69) is 208 Å². The molecule has 11 rings (SSSR count). The minimum Gasteiger partial charge on any atom is -0.0616 e. The number of hydrogen-bond acceptors (Lipinski definition) is 0. The Balaban J connectivity index is 1.04. The molecule has 0 amide bonds. The lowest BCUT2D eigenvalue weighted by Crippen LogP contribution is -2.15. The highest BCUT2D eigenvalue weighted by atomic mass is 14.4. The van der Waals surface area contributed by atoms with Crippen molar-refractivity contribution in [3.63, 3.8) is 0 Å². The molecule has 0 unspecified atom stereocenters. The van der Waals surface area contributed by atoms with E-state index in [-0.39, 0.29) is 5.41 Å². The first-order valence-corrected chi connectivity index (χ1v) is 19.3. The highest BCUT2D eigenvalue weighted by Crippen LogP contribution is 2.52. The van der Waals surface area contributed by atoms with Crippen molar-refractivity contribution in [3.05, 3.63) is 205 Å². The molecule has 258 valence electrons. The Bertz CT molecular complexity index is 3100. The number of benzene rings is 10. The van der Waals surface area contributed by atoms with Crippen molar-refractivity contribution in [1.29, 1.82) is 0 Å². The Hall–Kier alpha value is -6.76. The molecule has 1 aliphatic rings. The van der Waals surface area contributed by atoms with Gasteiger partial charge in [-0.05, 0) is 122 Å². The molecule has 0 aromatic heterocycles. The molecule has 0 saturated heterocycles. The van der Waals surface area contributed by atoms with Gasteiger partial charge in [-0.2, -0.15) is 0 Å². The fourth-order valence-corrected chi connectivity index (χ4v) is 9.68. The molecule has 10 aromatic rings. The van der Waals surface area contributed by atoms with E-state index in [1.807, 2.05) is 0 Å². The lowest BCUT2D eigenvalue weighted by atomic mass is 9.79. The molecule has 0 N–H and O–H groups in total. The van der Waals surface area contributed by atoms with Crippen LogP contribution >= 0.6 is 0 Å². The van der Waals surface area contributed by atoms with Gasteiger partial charge in [-0.15, -0.1) is 0 Å². The Morgan fingerprint density at radius 2 is 0.764 bits per heavy atom. The van der Waals surface area contributed by atoms with E-state index in [0.29, 0.717) is 0 Å². The summed E-state index contributed by atoms with van der Waals surface area (Å²) < 4.78 is 0. The van der Waals surface area contributed by atoms with Gasteiger partial charge in [0.1, 0.15) is 0 Å². The van der Waals surface area contributed by atoms with E-state index in [9.17, 15) is 0 Å². The van der Waals surface area contributed by atoms with Gasteiger partial charge < -0.3 is 0 Å². The average Bonchev–Trinajstić information content (AvgIpc) is 3.48. The van der Waals surface area contributed by atoms with Crippen LogP contribution in [-0.4, -0.2) is 0 Å². The van der Waals surface area contributed by atoms with Crippen molar-refractivity contribution < 1.29 is 0 Å². The van der Waals surface area contributed by atoms with E-state index in [1.54, 1.807) is 0 Å². The van der Waals surface area contributed by atoms with Gasteiger partial charge in [-0.3, -0.25) is 0 Å². The summed E-state index contributed by atoms with van der Waals surface area (Å²) in [5, 5.41) is 10.3. The standard InChI is InChI=1S/C55H38/c1-55(2)51-34-40(30-31-45(51)50-32-29-36-14-4-6-19-44(36)54(50)55)39-16-11-17-41(33-39)53-48-22-9-7-20-46(48)52(47-21-8-10-23-49(47)53)38-27-25-37(26-28-38)43-24-12-15-35-13-3-5-18-42(35)43/h3-34H,1-2H3. The van der Waals surface area contributed by atoms with E-state index in [0.717, 1.165) is 0 Å². The van der Waals surface area contributed by atoms with Gasteiger partial charge in [0.25, 0.3) is 0 Å². The minimum absolute atomic E-state index is 0.103. The summed E-state index contributed by atoms with van der Waals surface area (Å²) in [5.74, 6) is 0. The molecule has 1 aliphatic carbocycles. The van der Waals surface area contributed by atoms with Gasteiger partial charge in [-0.1, -0.05) is 196 Å². The molecule has 0 atom stereocenters. The highest BCUT2D eigenvalue weighted by Gasteiger charge is 2.37. The van der Waals surface area contributed by atoms with Gasteiger partial charge in [0.05, 0.1) is 0 Å². The van der Waals surface area contributed by atoms with Crippen molar-refractivity contribution in [3.8, 4) is 55.6 Å². The zero-order valence-corrected chi connectivity index (χ0v) is 31.0. The lowest BCUT2D eigenvalue weighted by Gasteiger charge is -2.23. The highest BCUT2D eigenvalue weighted by molar-refractivity contribution is 6.21. The van der Waals surface area contributed by atoms with Crippen LogP contribution in [0.2, 0.25) is 0 Å². The van der Waals surface area contributed by atoms with Crippen LogP contribution in [0.4, 0.5) is 0 Å². The maximum Gasteiger partial charge on any atom is 0.0165 e. The zero-order chi connectivity index (χ0) is 36.7. The van der Waals surface area contributed by atoms with Crippen LogP contribution in [0.5, 0.6) is 0 Å². The molecule has 0 aliphatic heterocycles. The number of hydrogen-bond donors (Lipinski definition) is 0. The van der Waals surface area contributed by atoms with Crippen molar-refractivity contribution in [2.45, 2.75) is 19.3 Å². The molecular weight excluding hydrogens is 661 g/mol. The summed E-state index contributed by atoms with van der Waals surface area (Å²) in [5.41, 5.74) is 15.4. The van der Waals surface area contributed by atoms with Crippen LogP contribution < -0.4 is 0 Å². The summed E-state index contributed by atoms with van der Waals surface area (Å²) in [4.78, 5) is 0. The van der Waals surface area contributed by atoms with Gasteiger partial charge in [0, 0.05) is 5.41 Å². The summed E-state index contributed by atoms with van der Waals surface area (Å²) >= 11 is 0. The fraction of sp³-hybridized carbons (Fsp3) is 0.0545. The van der Waals surface area contributed by atoms with E-state index in [4.69, 9.17) is 0 Å². The van der Waals surface area contributed by atoms with Crippen LogP contribution in [-0.2, 0) is 5.41 Å². The molecule has 0 radical (unpaired) electrons. The van der Waals surface area contributed by atoms with Crippen LogP contribution in [0.25, 0.3) is 98.7 Å². The molecule has 0 nitrogen and oxygen atoms in total. The van der Waals surface area contributed by atoms with Crippen LogP contribution in [0.3, 0.4) is 0 Å². The van der Waals surface area contributed by atoms with Gasteiger partial charge in [0.2, 0.25) is 0 Å². The molecule has 0 saturated carbocycles. The summed E-state index contributed by atoms with van der Waals surface area (Å²) in [6, 6.07) is 72.1. The quantitative estimate of drug-likeness (QED) is 0.161. The van der Waals surface area contributed by atoms with Gasteiger partial charge >= 0.3 is 0 Å². The van der Waals surface area contributed by atoms with Crippen molar-refractivity contribution >= 4 is 43.1 Å². The third-order valence-electron chi connectivity index (χ3n) is 12.2. The molecule has 0 heteroatoms. The van der Waals surface area contributed by atoms with Crippen LogP contribution in [0.15, 0.2) is 194 Å². The Kier molecular flexibility index (Phi) is 7.00. The molecule has 0 spiro atoms. The third-order valence-corrected chi connectivity index (χ3v) is 12.2. The minimum atomic E-state index is -0.103. The van der Waals surface area contributed by atoms with E-state index >= 15 is 0 Å². The maximum absolute atomic E-state index is 2.45. The summed E-state index contributed by atoms with van der Waals surface area (Å²) in [6.45, 7) is 4.78. The second-order valence-electron chi connectivity index (χ2n) is 15.6. The van der Waals surface area contributed by atoms with E-state index in [1.165, 1.54) is 110 Å². The first kappa shape index (κ1) is 31.7. The maximum atomic E-state index is 2.45. The number of fused-ring (bicyclic) bond motifs is 8. The largest absolute Gasteiger partial charge is 0.0616 e. The predicted molar refractivity (Wildman–Crippen MR) is 236 cm³/mol. The van der Waals surface area contributed by atoms with E-state index < -0.39 is 0 Å². The molecule has 0 heterocycles. The first-order valence-electron chi connectivity index (χ1n) is 19.3. The molecule has 0 bridgehead atoms. The second kappa shape index (κ2) is 12.1. The lowest BCUT2D eigenvalue weighted by molar-refractivity contribution is 0.666. The van der Waals surface area contributed by atoms with Gasteiger partial charge in [-0.25, -0.2) is 0 Å². The topological polar surface area (TPSA) is 0 Å². The second-order valence-corrected chi connectivity index (χ2v) is 15.6. The smallest absolute Gasteiger partial charge is 0.0165 e. The molecule has 55 heavy (non-hydrogen) atoms. The summed E-state index contributed by atoms with van der Waals surface area (Å²) in [6.07, 6.45) is 0. The average molecular weight is 699 g/mol. The van der Waals surface area contributed by atoms with Crippen molar-refractivity contribution in [2.75, 3.05) is 0 Å². The fourth-order valence-electron chi connectivity index (χ4n) is 9.68.